The van der Waals surface area contributed by atoms with E-state index in [4.69, 9.17) is 11.6 Å². The van der Waals surface area contributed by atoms with Gasteiger partial charge in [-0.1, -0.05) is 29.8 Å². The first-order valence-corrected chi connectivity index (χ1v) is 5.06. The third-order valence-corrected chi connectivity index (χ3v) is 2.84. The summed E-state index contributed by atoms with van der Waals surface area (Å²) in [5, 5.41) is 0.990. The van der Waals surface area contributed by atoms with E-state index >= 15 is 0 Å². The Kier molecular flexibility index (Phi) is 2.34. The van der Waals surface area contributed by atoms with Crippen LogP contribution in [-0.4, -0.2) is 4.98 Å². The van der Waals surface area contributed by atoms with Gasteiger partial charge in [-0.15, -0.1) is 11.3 Å². The minimum Gasteiger partial charge on any atom is -0.240 e. The first-order valence-electron chi connectivity index (χ1n) is 3.87. The average molecular weight is 209 g/mol. The van der Waals surface area contributed by atoms with Gasteiger partial charge < -0.3 is 0 Å². The molecule has 2 rings (SSSR count). The number of hydrogen-bond acceptors (Lipinski definition) is 2. The molecule has 0 atom stereocenters. The molecule has 0 fully saturated rings. The summed E-state index contributed by atoms with van der Waals surface area (Å²) < 4.78 is 0.747. The lowest BCUT2D eigenvalue weighted by Gasteiger charge is -1.94. The van der Waals surface area contributed by atoms with Crippen LogP contribution in [0.4, 0.5) is 0 Å². The Morgan fingerprint density at radius 2 is 2.38 bits per heavy atom. The molecular weight excluding hydrogens is 202 g/mol. The summed E-state index contributed by atoms with van der Waals surface area (Å²) in [5.74, 6) is 0. The minimum atomic E-state index is 0.747. The van der Waals surface area contributed by atoms with Gasteiger partial charge in [0.05, 0.1) is 5.01 Å². The molecule has 1 nitrogen and oxygen atoms in total. The molecule has 1 radical (unpaired) electrons. The smallest absolute Gasteiger partial charge is 0.121 e. The molecule has 1 heterocycles. The number of benzene rings is 1. The lowest BCUT2D eigenvalue weighted by Crippen LogP contribution is -1.77. The summed E-state index contributed by atoms with van der Waals surface area (Å²) in [6.07, 6.45) is 0. The van der Waals surface area contributed by atoms with E-state index in [9.17, 15) is 0 Å². The van der Waals surface area contributed by atoms with Crippen molar-refractivity contribution < 1.29 is 0 Å². The number of nitrogens with zero attached hydrogens (tertiary/aromatic N) is 1. The van der Waals surface area contributed by atoms with E-state index in [1.54, 1.807) is 0 Å². The molecule has 65 valence electrons. The summed E-state index contributed by atoms with van der Waals surface area (Å²) in [5.41, 5.74) is 1.89. The molecule has 1 aromatic heterocycles. The van der Waals surface area contributed by atoms with E-state index in [-0.39, 0.29) is 0 Å². The van der Waals surface area contributed by atoms with Gasteiger partial charge in [0.1, 0.15) is 10.0 Å². The van der Waals surface area contributed by atoms with Crippen LogP contribution in [0.2, 0.25) is 4.34 Å². The van der Waals surface area contributed by atoms with Crippen molar-refractivity contribution in [2.75, 3.05) is 0 Å². The van der Waals surface area contributed by atoms with E-state index < -0.39 is 0 Å². The molecule has 0 aliphatic carbocycles. The average Bonchev–Trinajstić information content (AvgIpc) is 2.47. The Morgan fingerprint density at radius 1 is 1.54 bits per heavy atom. The highest BCUT2D eigenvalue weighted by Crippen LogP contribution is 2.31. The van der Waals surface area contributed by atoms with Crippen LogP contribution in [0.1, 0.15) is 5.01 Å². The van der Waals surface area contributed by atoms with Crippen LogP contribution < -0.4 is 0 Å². The maximum atomic E-state index is 6.02. The summed E-state index contributed by atoms with van der Waals surface area (Å²) >= 11 is 7.53. The van der Waals surface area contributed by atoms with Crippen molar-refractivity contribution in [3.63, 3.8) is 0 Å². The molecular formula is C10H7ClNS. The maximum absolute atomic E-state index is 6.02. The third kappa shape index (κ3) is 1.74. The molecule has 0 unspecified atom stereocenters. The van der Waals surface area contributed by atoms with Gasteiger partial charge in [-0.3, -0.25) is 0 Å². The molecule has 2 aromatic rings. The SMILES string of the molecule is Cc1nc(-c2c[c]ccc2)c(Cl)s1. The van der Waals surface area contributed by atoms with Crippen LogP contribution in [0.25, 0.3) is 11.3 Å². The van der Waals surface area contributed by atoms with Gasteiger partial charge in [-0.25, -0.2) is 4.98 Å². The van der Waals surface area contributed by atoms with Crippen LogP contribution in [0.15, 0.2) is 24.3 Å². The maximum Gasteiger partial charge on any atom is 0.121 e. The highest BCUT2D eigenvalue weighted by molar-refractivity contribution is 7.16. The zero-order valence-electron chi connectivity index (χ0n) is 7.04. The van der Waals surface area contributed by atoms with Crippen LogP contribution in [0.3, 0.4) is 0 Å². The quantitative estimate of drug-likeness (QED) is 0.698. The summed E-state index contributed by atoms with van der Waals surface area (Å²) in [4.78, 5) is 4.35. The Morgan fingerprint density at radius 3 is 2.92 bits per heavy atom. The van der Waals surface area contributed by atoms with E-state index in [0.29, 0.717) is 0 Å². The zero-order chi connectivity index (χ0) is 9.26. The second-order valence-electron chi connectivity index (χ2n) is 2.65. The Hall–Kier alpha value is -0.860. The molecule has 0 amide bonds. The van der Waals surface area contributed by atoms with Gasteiger partial charge in [0.15, 0.2) is 0 Å². The minimum absolute atomic E-state index is 0.747. The van der Waals surface area contributed by atoms with Gasteiger partial charge in [0.25, 0.3) is 0 Å². The van der Waals surface area contributed by atoms with E-state index in [1.807, 2.05) is 31.2 Å². The first kappa shape index (κ1) is 8.73. The topological polar surface area (TPSA) is 12.9 Å². The molecule has 0 aliphatic rings. The van der Waals surface area contributed by atoms with E-state index in [1.165, 1.54) is 11.3 Å². The van der Waals surface area contributed by atoms with Crippen LogP contribution in [0, 0.1) is 13.0 Å². The van der Waals surface area contributed by atoms with Crippen molar-refractivity contribution in [1.29, 1.82) is 0 Å². The predicted molar refractivity (Wildman–Crippen MR) is 56.1 cm³/mol. The van der Waals surface area contributed by atoms with Crippen LogP contribution in [-0.2, 0) is 0 Å². The fourth-order valence-electron chi connectivity index (χ4n) is 1.12. The van der Waals surface area contributed by atoms with Crippen molar-refractivity contribution in [3.8, 4) is 11.3 Å². The summed E-state index contributed by atoms with van der Waals surface area (Å²) in [6, 6.07) is 10.7. The van der Waals surface area contributed by atoms with Crippen molar-refractivity contribution in [1.82, 2.24) is 4.98 Å². The molecule has 0 saturated carbocycles. The second-order valence-corrected chi connectivity index (χ2v) is 4.45. The molecule has 0 bridgehead atoms. The molecule has 3 heteroatoms. The van der Waals surface area contributed by atoms with Gasteiger partial charge >= 0.3 is 0 Å². The van der Waals surface area contributed by atoms with Gasteiger partial charge in [-0.2, -0.15) is 0 Å². The van der Waals surface area contributed by atoms with E-state index in [0.717, 1.165) is 20.6 Å². The first-order chi connectivity index (χ1) is 6.27. The van der Waals surface area contributed by atoms with Crippen LogP contribution in [0.5, 0.6) is 0 Å². The van der Waals surface area contributed by atoms with Crippen molar-refractivity contribution in [2.45, 2.75) is 6.92 Å². The lowest BCUT2D eigenvalue weighted by atomic mass is 10.2. The summed E-state index contributed by atoms with van der Waals surface area (Å²) in [6.45, 7) is 1.95. The molecule has 13 heavy (non-hydrogen) atoms. The Bertz CT molecular complexity index is 408. The van der Waals surface area contributed by atoms with Gasteiger partial charge in [0, 0.05) is 5.56 Å². The third-order valence-electron chi connectivity index (χ3n) is 1.67. The fourth-order valence-corrected chi connectivity index (χ4v) is 2.26. The lowest BCUT2D eigenvalue weighted by molar-refractivity contribution is 1.30. The second kappa shape index (κ2) is 3.48. The van der Waals surface area contributed by atoms with Crippen molar-refractivity contribution >= 4 is 22.9 Å². The number of halogens is 1. The molecule has 1 aromatic carbocycles. The Labute approximate surface area is 86.0 Å². The van der Waals surface area contributed by atoms with Gasteiger partial charge in [0.2, 0.25) is 0 Å². The molecule has 0 aliphatic heterocycles. The van der Waals surface area contributed by atoms with Crippen LogP contribution >= 0.6 is 22.9 Å². The fraction of sp³-hybridized carbons (Fsp3) is 0.100. The number of thiazole rings is 1. The molecule has 0 saturated heterocycles. The van der Waals surface area contributed by atoms with Crippen molar-refractivity contribution in [2.24, 2.45) is 0 Å². The standard InChI is InChI=1S/C10H7ClNS/c1-7-12-9(10(11)13-7)8-5-3-2-4-6-8/h2-3,5-6H,1H3. The largest absolute Gasteiger partial charge is 0.240 e. The number of rotatable bonds is 1. The normalized spacial score (nSPS) is 10.3. The zero-order valence-corrected chi connectivity index (χ0v) is 8.62. The molecule has 0 N–H and O–H groups in total. The highest BCUT2D eigenvalue weighted by atomic mass is 35.5. The number of hydrogen-bond donors (Lipinski definition) is 0. The number of aromatic nitrogens is 1. The Balaban J connectivity index is 2.53. The summed E-state index contributed by atoms with van der Waals surface area (Å²) in [7, 11) is 0. The van der Waals surface area contributed by atoms with Gasteiger partial charge in [-0.05, 0) is 19.1 Å². The van der Waals surface area contributed by atoms with E-state index in [2.05, 4.69) is 11.1 Å². The monoisotopic (exact) mass is 208 g/mol. The van der Waals surface area contributed by atoms with Crippen molar-refractivity contribution in [3.05, 3.63) is 39.7 Å². The molecule has 0 spiro atoms. The highest BCUT2D eigenvalue weighted by Gasteiger charge is 2.07. The predicted octanol–water partition coefficient (Wildman–Crippen LogP) is 3.57. The number of aryl methyl sites for hydroxylation is 1.